The third kappa shape index (κ3) is 4.87. The Hall–Kier alpha value is -3.10. The number of urea groups is 1. The number of carbonyl (C=O) groups is 1. The fourth-order valence-corrected chi connectivity index (χ4v) is 5.36. The van der Waals surface area contributed by atoms with E-state index in [-0.39, 0.29) is 11.9 Å². The van der Waals surface area contributed by atoms with Crippen LogP contribution in [0, 0.1) is 5.92 Å². The number of sulfonamides is 1. The molecule has 0 saturated carbocycles. The van der Waals surface area contributed by atoms with Crippen LogP contribution in [-0.2, 0) is 10.0 Å². The average Bonchev–Trinajstić information content (AvgIpc) is 2.83. The minimum atomic E-state index is -3.62. The van der Waals surface area contributed by atoms with Crippen LogP contribution < -0.4 is 14.8 Å². The summed E-state index contributed by atoms with van der Waals surface area (Å²) >= 11 is 0. The van der Waals surface area contributed by atoms with Gasteiger partial charge in [-0.1, -0.05) is 48.5 Å². The summed E-state index contributed by atoms with van der Waals surface area (Å²) in [5.41, 5.74) is 0.630. The number of hydrogen-bond acceptors (Lipinski definition) is 4. The van der Waals surface area contributed by atoms with E-state index in [1.165, 1.54) is 0 Å². The number of anilines is 1. The Morgan fingerprint density at radius 2 is 1.69 bits per heavy atom. The summed E-state index contributed by atoms with van der Waals surface area (Å²) in [5.74, 6) is 0.786. The molecule has 4 rings (SSSR count). The molecule has 0 bridgehead atoms. The summed E-state index contributed by atoms with van der Waals surface area (Å²) in [6.45, 7) is 1.50. The Balaban J connectivity index is 1.32. The van der Waals surface area contributed by atoms with E-state index in [1.807, 2.05) is 42.5 Å². The molecule has 168 valence electrons. The van der Waals surface area contributed by atoms with E-state index in [0.29, 0.717) is 41.4 Å². The van der Waals surface area contributed by atoms with Gasteiger partial charge in [0.2, 0.25) is 10.0 Å². The van der Waals surface area contributed by atoms with Crippen molar-refractivity contribution < 1.29 is 17.9 Å². The van der Waals surface area contributed by atoms with Gasteiger partial charge in [0, 0.05) is 25.0 Å². The summed E-state index contributed by atoms with van der Waals surface area (Å²) < 4.78 is 33.9. The number of methoxy groups -OCH3 is 1. The topological polar surface area (TPSA) is 87.7 Å². The van der Waals surface area contributed by atoms with Crippen molar-refractivity contribution in [3.8, 4) is 5.75 Å². The number of piperidine rings is 1. The van der Waals surface area contributed by atoms with E-state index >= 15 is 0 Å². The zero-order chi connectivity index (χ0) is 22.6. The van der Waals surface area contributed by atoms with Gasteiger partial charge >= 0.3 is 6.03 Å². The normalized spacial score (nSPS) is 15.0. The fraction of sp³-hybridized carbons (Fsp3) is 0.292. The van der Waals surface area contributed by atoms with Crippen molar-refractivity contribution in [2.45, 2.75) is 17.7 Å². The van der Waals surface area contributed by atoms with E-state index < -0.39 is 10.0 Å². The number of likely N-dealkylation sites (tertiary alicyclic amines) is 1. The Labute approximate surface area is 188 Å². The van der Waals surface area contributed by atoms with Crippen LogP contribution >= 0.6 is 0 Å². The van der Waals surface area contributed by atoms with Crippen LogP contribution in [0.25, 0.3) is 10.8 Å². The van der Waals surface area contributed by atoms with Crippen molar-refractivity contribution in [2.75, 3.05) is 32.1 Å². The molecule has 0 aromatic heterocycles. The summed E-state index contributed by atoms with van der Waals surface area (Å²) in [6, 6.07) is 19.9. The lowest BCUT2D eigenvalue weighted by molar-refractivity contribution is 0.183. The molecule has 32 heavy (non-hydrogen) atoms. The van der Waals surface area contributed by atoms with Crippen molar-refractivity contribution >= 4 is 32.5 Å². The molecule has 1 heterocycles. The Morgan fingerprint density at radius 1 is 1.00 bits per heavy atom. The molecule has 0 aliphatic carbocycles. The number of fused-ring (bicyclic) bond motifs is 1. The lowest BCUT2D eigenvalue weighted by atomic mass is 9.97. The van der Waals surface area contributed by atoms with Gasteiger partial charge in [0.25, 0.3) is 0 Å². The van der Waals surface area contributed by atoms with Gasteiger partial charge in [0.05, 0.1) is 17.7 Å². The second-order valence-corrected chi connectivity index (χ2v) is 9.63. The summed E-state index contributed by atoms with van der Waals surface area (Å²) in [4.78, 5) is 14.7. The number of ether oxygens (including phenoxy) is 1. The molecule has 1 fully saturated rings. The van der Waals surface area contributed by atoms with Crippen LogP contribution in [0.1, 0.15) is 12.8 Å². The maximum atomic E-state index is 12.9. The van der Waals surface area contributed by atoms with Gasteiger partial charge in [-0.2, -0.15) is 0 Å². The van der Waals surface area contributed by atoms with E-state index in [1.54, 1.807) is 36.3 Å². The first-order valence-corrected chi connectivity index (χ1v) is 12.1. The van der Waals surface area contributed by atoms with Crippen LogP contribution in [0.4, 0.5) is 10.5 Å². The first kappa shape index (κ1) is 22.1. The third-order valence-electron chi connectivity index (χ3n) is 5.85. The molecule has 0 radical (unpaired) electrons. The predicted molar refractivity (Wildman–Crippen MR) is 125 cm³/mol. The van der Waals surface area contributed by atoms with Gasteiger partial charge in [-0.05, 0) is 42.3 Å². The standard InChI is InChI=1S/C24H27N3O4S/c1-31-22-11-5-4-10-21(22)26-24(28)27-15-13-18(14-16-27)17-25-32(29,30)23-12-6-8-19-7-2-3-9-20(19)23/h2-12,18,25H,13-17H2,1H3,(H,26,28). The molecule has 3 aromatic carbocycles. The monoisotopic (exact) mass is 453 g/mol. The highest BCUT2D eigenvalue weighted by atomic mass is 32.2. The number of carbonyl (C=O) groups excluding carboxylic acids is 1. The van der Waals surface area contributed by atoms with E-state index in [2.05, 4.69) is 10.0 Å². The summed E-state index contributed by atoms with van der Waals surface area (Å²) in [6.07, 6.45) is 1.47. The van der Waals surface area contributed by atoms with Gasteiger partial charge in [-0.15, -0.1) is 0 Å². The Morgan fingerprint density at radius 3 is 2.47 bits per heavy atom. The highest BCUT2D eigenvalue weighted by Gasteiger charge is 2.25. The van der Waals surface area contributed by atoms with Crippen LogP contribution in [0.3, 0.4) is 0 Å². The van der Waals surface area contributed by atoms with E-state index in [0.717, 1.165) is 18.2 Å². The number of para-hydroxylation sites is 2. The first-order chi connectivity index (χ1) is 15.5. The van der Waals surface area contributed by atoms with Gasteiger partial charge in [-0.25, -0.2) is 17.9 Å². The zero-order valence-corrected chi connectivity index (χ0v) is 18.8. The predicted octanol–water partition coefficient (Wildman–Crippen LogP) is 4.07. The second-order valence-electron chi connectivity index (χ2n) is 7.89. The molecular weight excluding hydrogens is 426 g/mol. The number of amides is 2. The Bertz CT molecular complexity index is 1200. The van der Waals surface area contributed by atoms with Gasteiger partial charge in [0.1, 0.15) is 5.75 Å². The van der Waals surface area contributed by atoms with Crippen LogP contribution in [0.15, 0.2) is 71.6 Å². The summed E-state index contributed by atoms with van der Waals surface area (Å²) in [7, 11) is -2.06. The number of hydrogen-bond donors (Lipinski definition) is 2. The van der Waals surface area contributed by atoms with Crippen molar-refractivity contribution in [3.63, 3.8) is 0 Å². The quantitative estimate of drug-likeness (QED) is 0.589. The zero-order valence-electron chi connectivity index (χ0n) is 18.0. The second kappa shape index (κ2) is 9.58. The average molecular weight is 454 g/mol. The molecule has 2 amide bonds. The van der Waals surface area contributed by atoms with Gasteiger partial charge in [-0.3, -0.25) is 0 Å². The number of nitrogens with zero attached hydrogens (tertiary/aromatic N) is 1. The van der Waals surface area contributed by atoms with Crippen LogP contribution in [0.5, 0.6) is 5.75 Å². The maximum Gasteiger partial charge on any atom is 0.321 e. The van der Waals surface area contributed by atoms with Crippen molar-refractivity contribution in [1.29, 1.82) is 0 Å². The van der Waals surface area contributed by atoms with Crippen molar-refractivity contribution in [2.24, 2.45) is 5.92 Å². The third-order valence-corrected chi connectivity index (χ3v) is 7.33. The molecular formula is C24H27N3O4S. The molecule has 1 aliphatic rings. The molecule has 7 nitrogen and oxygen atoms in total. The highest BCUT2D eigenvalue weighted by Crippen LogP contribution is 2.25. The minimum Gasteiger partial charge on any atom is -0.495 e. The van der Waals surface area contributed by atoms with Crippen LogP contribution in [0.2, 0.25) is 0 Å². The van der Waals surface area contributed by atoms with Crippen molar-refractivity contribution in [3.05, 3.63) is 66.7 Å². The smallest absolute Gasteiger partial charge is 0.321 e. The lowest BCUT2D eigenvalue weighted by Gasteiger charge is -2.32. The molecule has 3 aromatic rings. The first-order valence-electron chi connectivity index (χ1n) is 10.6. The number of nitrogens with one attached hydrogen (secondary N) is 2. The summed E-state index contributed by atoms with van der Waals surface area (Å²) in [5, 5.41) is 4.50. The maximum absolute atomic E-state index is 12.9. The van der Waals surface area contributed by atoms with Crippen molar-refractivity contribution in [1.82, 2.24) is 9.62 Å². The Kier molecular flexibility index (Phi) is 6.62. The van der Waals surface area contributed by atoms with E-state index in [4.69, 9.17) is 4.74 Å². The molecule has 2 N–H and O–H groups in total. The van der Waals surface area contributed by atoms with Gasteiger partial charge in [0.15, 0.2) is 0 Å². The molecule has 0 spiro atoms. The fourth-order valence-electron chi connectivity index (χ4n) is 4.02. The van der Waals surface area contributed by atoms with E-state index in [9.17, 15) is 13.2 Å². The lowest BCUT2D eigenvalue weighted by Crippen LogP contribution is -2.43. The largest absolute Gasteiger partial charge is 0.495 e. The van der Waals surface area contributed by atoms with Crippen LogP contribution in [-0.4, -0.2) is 46.1 Å². The molecule has 8 heteroatoms. The molecule has 1 aliphatic heterocycles. The minimum absolute atomic E-state index is 0.176. The van der Waals surface area contributed by atoms with Gasteiger partial charge < -0.3 is 15.0 Å². The number of benzene rings is 3. The molecule has 0 unspecified atom stereocenters. The highest BCUT2D eigenvalue weighted by molar-refractivity contribution is 7.89. The molecule has 0 atom stereocenters. The SMILES string of the molecule is COc1ccccc1NC(=O)N1CCC(CNS(=O)(=O)c2cccc3ccccc23)CC1. The molecule has 1 saturated heterocycles. The number of rotatable bonds is 6.